The molecular weight excluding hydrogens is 406 g/mol. The van der Waals surface area contributed by atoms with Crippen LogP contribution in [0.2, 0.25) is 5.04 Å². The van der Waals surface area contributed by atoms with Gasteiger partial charge in [0, 0.05) is 24.4 Å². The fourth-order valence-electron chi connectivity index (χ4n) is 5.56. The van der Waals surface area contributed by atoms with Gasteiger partial charge in [0.1, 0.15) is 0 Å². The first-order chi connectivity index (χ1) is 15.5. The van der Waals surface area contributed by atoms with Gasteiger partial charge in [0.2, 0.25) is 0 Å². The standard InChI is InChI=1S/C29H33NOSi/c1-29(2,3)32(26-13-6-4-7-14-26,27-15-8-5-9-16-27)31-22-23-18-19-30-25(20-23)21-24-12-10-11-17-28(24)30/h4-17,21,23H,18-20,22H2,1-3H3. The first kappa shape index (κ1) is 21.2. The Morgan fingerprint density at radius 1 is 0.844 bits per heavy atom. The summed E-state index contributed by atoms with van der Waals surface area (Å²) in [6.07, 6.45) is 2.26. The van der Waals surface area contributed by atoms with Gasteiger partial charge in [-0.2, -0.15) is 0 Å². The van der Waals surface area contributed by atoms with Gasteiger partial charge in [0.25, 0.3) is 8.32 Å². The second kappa shape index (κ2) is 8.38. The number of fused-ring (bicyclic) bond motifs is 3. The number of aryl methyl sites for hydroxylation is 1. The van der Waals surface area contributed by atoms with Crippen LogP contribution < -0.4 is 10.4 Å². The third-order valence-corrected chi connectivity index (χ3v) is 12.1. The molecule has 5 rings (SSSR count). The Morgan fingerprint density at radius 3 is 2.06 bits per heavy atom. The summed E-state index contributed by atoms with van der Waals surface area (Å²) in [6, 6.07) is 33.1. The maximum absolute atomic E-state index is 7.22. The van der Waals surface area contributed by atoms with Gasteiger partial charge in [0.05, 0.1) is 0 Å². The molecule has 0 saturated carbocycles. The Morgan fingerprint density at radius 2 is 1.44 bits per heavy atom. The van der Waals surface area contributed by atoms with Crippen LogP contribution in [0.25, 0.3) is 10.9 Å². The number of hydrogen-bond acceptors (Lipinski definition) is 1. The molecule has 0 bridgehead atoms. The zero-order valence-electron chi connectivity index (χ0n) is 19.4. The summed E-state index contributed by atoms with van der Waals surface area (Å²) in [6.45, 7) is 8.97. The molecule has 2 heterocycles. The minimum atomic E-state index is -2.46. The monoisotopic (exact) mass is 439 g/mol. The van der Waals surface area contributed by atoms with E-state index in [0.29, 0.717) is 5.92 Å². The third-order valence-electron chi connectivity index (χ3n) is 7.11. The Labute approximate surface area is 193 Å². The predicted molar refractivity (Wildman–Crippen MR) is 137 cm³/mol. The molecule has 3 aromatic carbocycles. The zero-order chi connectivity index (χ0) is 22.2. The van der Waals surface area contributed by atoms with E-state index in [-0.39, 0.29) is 5.04 Å². The lowest BCUT2D eigenvalue weighted by Gasteiger charge is -2.44. The summed E-state index contributed by atoms with van der Waals surface area (Å²) in [5.41, 5.74) is 2.82. The molecule has 1 aliphatic rings. The molecule has 0 fully saturated rings. The van der Waals surface area contributed by atoms with Crippen LogP contribution >= 0.6 is 0 Å². The quantitative estimate of drug-likeness (QED) is 0.360. The molecule has 0 radical (unpaired) electrons. The van der Waals surface area contributed by atoms with E-state index in [1.54, 1.807) is 0 Å². The summed E-state index contributed by atoms with van der Waals surface area (Å²) in [4.78, 5) is 0. The van der Waals surface area contributed by atoms with Gasteiger partial charge in [-0.3, -0.25) is 0 Å². The van der Waals surface area contributed by atoms with Gasteiger partial charge in [-0.05, 0) is 51.7 Å². The van der Waals surface area contributed by atoms with Crippen molar-refractivity contribution in [1.82, 2.24) is 4.57 Å². The molecule has 0 N–H and O–H groups in total. The average molecular weight is 440 g/mol. The summed E-state index contributed by atoms with van der Waals surface area (Å²) >= 11 is 0. The van der Waals surface area contributed by atoms with Crippen molar-refractivity contribution in [2.45, 2.75) is 45.2 Å². The number of nitrogens with zero attached hydrogens (tertiary/aromatic N) is 1. The van der Waals surface area contributed by atoms with Crippen LogP contribution in [-0.4, -0.2) is 19.5 Å². The summed E-state index contributed by atoms with van der Waals surface area (Å²) in [7, 11) is -2.46. The maximum atomic E-state index is 7.22. The molecule has 1 aliphatic heterocycles. The second-order valence-corrected chi connectivity index (χ2v) is 14.5. The SMILES string of the molecule is CC(C)(C)[Si](OCC1CCn2c(cc3ccccc32)C1)(c1ccccc1)c1ccccc1. The number of hydrogen-bond donors (Lipinski definition) is 0. The van der Waals surface area contributed by atoms with Crippen LogP contribution in [0.5, 0.6) is 0 Å². The lowest BCUT2D eigenvalue weighted by Crippen LogP contribution is -2.67. The minimum Gasteiger partial charge on any atom is -0.407 e. The highest BCUT2D eigenvalue weighted by molar-refractivity contribution is 6.99. The van der Waals surface area contributed by atoms with Gasteiger partial charge >= 0.3 is 0 Å². The second-order valence-electron chi connectivity index (χ2n) is 10.2. The van der Waals surface area contributed by atoms with Crippen molar-refractivity contribution < 1.29 is 4.43 Å². The predicted octanol–water partition coefficient (Wildman–Crippen LogP) is 5.78. The van der Waals surface area contributed by atoms with Crippen LogP contribution in [0.1, 0.15) is 32.9 Å². The van der Waals surface area contributed by atoms with Crippen molar-refractivity contribution in [1.29, 1.82) is 0 Å². The Bertz CT molecular complexity index is 1150. The lowest BCUT2D eigenvalue weighted by molar-refractivity contribution is 0.210. The zero-order valence-corrected chi connectivity index (χ0v) is 20.4. The smallest absolute Gasteiger partial charge is 0.261 e. The van der Waals surface area contributed by atoms with E-state index in [4.69, 9.17) is 4.43 Å². The van der Waals surface area contributed by atoms with Crippen LogP contribution in [-0.2, 0) is 17.4 Å². The fraction of sp³-hybridized carbons (Fsp3) is 0.310. The van der Waals surface area contributed by atoms with Crippen LogP contribution in [0.4, 0.5) is 0 Å². The highest BCUT2D eigenvalue weighted by atomic mass is 28.4. The van der Waals surface area contributed by atoms with E-state index in [1.165, 1.54) is 33.4 Å². The van der Waals surface area contributed by atoms with Crippen LogP contribution in [0, 0.1) is 5.92 Å². The van der Waals surface area contributed by atoms with Crippen molar-refractivity contribution in [3.05, 3.63) is 96.7 Å². The van der Waals surface area contributed by atoms with E-state index < -0.39 is 8.32 Å². The van der Waals surface area contributed by atoms with Crippen molar-refractivity contribution in [2.24, 2.45) is 5.92 Å². The van der Waals surface area contributed by atoms with Crippen molar-refractivity contribution in [3.8, 4) is 0 Å². The van der Waals surface area contributed by atoms with Crippen LogP contribution in [0.15, 0.2) is 91.0 Å². The Kier molecular flexibility index (Phi) is 5.56. The summed E-state index contributed by atoms with van der Waals surface area (Å²) in [5.74, 6) is 0.550. The highest BCUT2D eigenvalue weighted by Crippen LogP contribution is 2.38. The largest absolute Gasteiger partial charge is 0.407 e. The minimum absolute atomic E-state index is 0.0271. The number of benzene rings is 3. The van der Waals surface area contributed by atoms with E-state index in [2.05, 4.69) is 116 Å². The van der Waals surface area contributed by atoms with E-state index in [0.717, 1.165) is 19.6 Å². The first-order valence-corrected chi connectivity index (χ1v) is 13.7. The number of aromatic nitrogens is 1. The van der Waals surface area contributed by atoms with E-state index in [9.17, 15) is 0 Å². The molecule has 4 aromatic rings. The van der Waals surface area contributed by atoms with Gasteiger partial charge in [-0.1, -0.05) is 99.6 Å². The van der Waals surface area contributed by atoms with E-state index >= 15 is 0 Å². The van der Waals surface area contributed by atoms with E-state index in [1.807, 2.05) is 0 Å². The number of para-hydroxylation sites is 1. The molecule has 0 saturated heterocycles. The molecule has 2 nitrogen and oxygen atoms in total. The third kappa shape index (κ3) is 3.64. The maximum Gasteiger partial charge on any atom is 0.261 e. The molecule has 1 unspecified atom stereocenters. The molecule has 1 atom stereocenters. The molecule has 164 valence electrons. The van der Waals surface area contributed by atoms with Crippen LogP contribution in [0.3, 0.4) is 0 Å². The number of rotatable bonds is 5. The lowest BCUT2D eigenvalue weighted by atomic mass is 9.97. The molecule has 32 heavy (non-hydrogen) atoms. The molecule has 0 spiro atoms. The molecule has 1 aromatic heterocycles. The normalized spacial score (nSPS) is 16.8. The Hall–Kier alpha value is -2.62. The van der Waals surface area contributed by atoms with Crippen molar-refractivity contribution in [3.63, 3.8) is 0 Å². The molecule has 3 heteroatoms. The first-order valence-electron chi connectivity index (χ1n) is 11.8. The fourth-order valence-corrected chi connectivity index (χ4v) is 10.2. The van der Waals surface area contributed by atoms with Gasteiger partial charge in [-0.25, -0.2) is 0 Å². The summed E-state index contributed by atoms with van der Waals surface area (Å²) in [5, 5.41) is 4.11. The van der Waals surface area contributed by atoms with Gasteiger partial charge in [0.15, 0.2) is 0 Å². The Balaban J connectivity index is 1.47. The van der Waals surface area contributed by atoms with Gasteiger partial charge in [-0.15, -0.1) is 0 Å². The average Bonchev–Trinajstić information content (AvgIpc) is 3.18. The van der Waals surface area contributed by atoms with Gasteiger partial charge < -0.3 is 8.99 Å². The molecular formula is C29H33NOSi. The molecule has 0 amide bonds. The molecule has 0 aliphatic carbocycles. The highest BCUT2D eigenvalue weighted by Gasteiger charge is 2.50. The van der Waals surface area contributed by atoms with Crippen molar-refractivity contribution in [2.75, 3.05) is 6.61 Å². The topological polar surface area (TPSA) is 14.2 Å². The van der Waals surface area contributed by atoms with Crippen molar-refractivity contribution >= 4 is 29.6 Å². The summed E-state index contributed by atoms with van der Waals surface area (Å²) < 4.78 is 9.73.